The summed E-state index contributed by atoms with van der Waals surface area (Å²) in [4.78, 5) is 15.8. The number of aromatic nitrogens is 1. The molecule has 2 N–H and O–H groups in total. The lowest BCUT2D eigenvalue weighted by Crippen LogP contribution is -2.36. The Morgan fingerprint density at radius 2 is 2.16 bits per heavy atom. The van der Waals surface area contributed by atoms with E-state index in [1.54, 1.807) is 12.4 Å². The number of hydrogen-bond acceptors (Lipinski definition) is 4. The van der Waals surface area contributed by atoms with Gasteiger partial charge in [-0.3, -0.25) is 9.78 Å². The highest BCUT2D eigenvalue weighted by Gasteiger charge is 2.15. The molecule has 5 nitrogen and oxygen atoms in total. The highest BCUT2D eigenvalue weighted by Crippen LogP contribution is 2.10. The molecule has 0 aromatic carbocycles. The zero-order valence-electron chi connectivity index (χ0n) is 11.3. The zero-order chi connectivity index (χ0) is 13.5. The van der Waals surface area contributed by atoms with E-state index in [-0.39, 0.29) is 24.7 Å². The van der Waals surface area contributed by atoms with Gasteiger partial charge in [-0.15, -0.1) is 0 Å². The van der Waals surface area contributed by atoms with E-state index in [1.165, 1.54) is 0 Å². The Labute approximate surface area is 113 Å². The minimum atomic E-state index is -0.0668. The van der Waals surface area contributed by atoms with Crippen molar-refractivity contribution in [3.05, 3.63) is 30.1 Å². The molecule has 0 aliphatic carbocycles. The Kier molecular flexibility index (Phi) is 5.30. The Morgan fingerprint density at radius 3 is 2.84 bits per heavy atom. The van der Waals surface area contributed by atoms with Gasteiger partial charge < -0.3 is 15.4 Å². The molecule has 0 radical (unpaired) electrons. The van der Waals surface area contributed by atoms with E-state index in [9.17, 15) is 4.79 Å². The normalized spacial score (nSPS) is 17.9. The lowest BCUT2D eigenvalue weighted by molar-refractivity contribution is -0.128. The average Bonchev–Trinajstić information content (AvgIpc) is 2.47. The Hall–Kier alpha value is -1.46. The van der Waals surface area contributed by atoms with Crippen molar-refractivity contribution >= 4 is 5.91 Å². The van der Waals surface area contributed by atoms with Gasteiger partial charge in [0.1, 0.15) is 6.61 Å². The average molecular weight is 263 g/mol. The van der Waals surface area contributed by atoms with Gasteiger partial charge in [0, 0.05) is 12.4 Å². The molecule has 19 heavy (non-hydrogen) atoms. The standard InChI is InChI=1S/C14H21N3O2/c1-11(12-2-6-15-7-3-12)17-14(18)10-19-13-4-8-16-9-5-13/h2-3,6-7,11,13,16H,4-5,8-10H2,1H3,(H,17,18)/t11-/m0/s1. The summed E-state index contributed by atoms with van der Waals surface area (Å²) < 4.78 is 5.62. The minimum absolute atomic E-state index is 0.0212. The van der Waals surface area contributed by atoms with Crippen LogP contribution in [0.4, 0.5) is 0 Å². The Balaban J connectivity index is 1.71. The van der Waals surface area contributed by atoms with E-state index in [2.05, 4.69) is 15.6 Å². The second-order valence-electron chi connectivity index (χ2n) is 4.83. The van der Waals surface area contributed by atoms with E-state index < -0.39 is 0 Å². The van der Waals surface area contributed by atoms with Crippen molar-refractivity contribution in [2.24, 2.45) is 0 Å². The highest BCUT2D eigenvalue weighted by atomic mass is 16.5. The molecular weight excluding hydrogens is 242 g/mol. The molecule has 104 valence electrons. The van der Waals surface area contributed by atoms with Crippen molar-refractivity contribution in [1.29, 1.82) is 0 Å². The summed E-state index contributed by atoms with van der Waals surface area (Å²) in [6.45, 7) is 4.04. The molecule has 1 amide bonds. The molecule has 2 heterocycles. The van der Waals surface area contributed by atoms with Crippen LogP contribution in [0.5, 0.6) is 0 Å². The van der Waals surface area contributed by atoms with Crippen molar-refractivity contribution < 1.29 is 9.53 Å². The van der Waals surface area contributed by atoms with Gasteiger partial charge >= 0.3 is 0 Å². The third-order valence-electron chi connectivity index (χ3n) is 3.32. The number of pyridine rings is 1. The molecule has 0 saturated carbocycles. The van der Waals surface area contributed by atoms with Gasteiger partial charge in [-0.05, 0) is 50.6 Å². The van der Waals surface area contributed by atoms with Crippen LogP contribution in [0.15, 0.2) is 24.5 Å². The first kappa shape index (κ1) is 14.0. The molecule has 2 rings (SSSR count). The lowest BCUT2D eigenvalue weighted by atomic mass is 10.1. The third kappa shape index (κ3) is 4.61. The maximum Gasteiger partial charge on any atom is 0.246 e. The fourth-order valence-corrected chi connectivity index (χ4v) is 2.17. The van der Waals surface area contributed by atoms with Crippen molar-refractivity contribution in [1.82, 2.24) is 15.6 Å². The molecule has 1 fully saturated rings. The monoisotopic (exact) mass is 263 g/mol. The van der Waals surface area contributed by atoms with Crippen LogP contribution >= 0.6 is 0 Å². The van der Waals surface area contributed by atoms with Gasteiger partial charge in [-0.25, -0.2) is 0 Å². The number of nitrogens with one attached hydrogen (secondary N) is 2. The lowest BCUT2D eigenvalue weighted by Gasteiger charge is -2.23. The molecule has 1 saturated heterocycles. The van der Waals surface area contributed by atoms with Crippen LogP contribution < -0.4 is 10.6 Å². The first-order valence-electron chi connectivity index (χ1n) is 6.77. The number of rotatable bonds is 5. The molecule has 1 aromatic heterocycles. The van der Waals surface area contributed by atoms with Crippen molar-refractivity contribution in [3.63, 3.8) is 0 Å². The van der Waals surface area contributed by atoms with Gasteiger partial charge in [-0.1, -0.05) is 0 Å². The number of ether oxygens (including phenoxy) is 1. The number of carbonyl (C=O) groups is 1. The summed E-state index contributed by atoms with van der Waals surface area (Å²) in [5, 5.41) is 6.20. The quantitative estimate of drug-likeness (QED) is 0.833. The molecule has 1 aliphatic heterocycles. The minimum Gasteiger partial charge on any atom is -0.368 e. The van der Waals surface area contributed by atoms with E-state index in [0.717, 1.165) is 31.5 Å². The molecule has 0 spiro atoms. The summed E-state index contributed by atoms with van der Waals surface area (Å²) in [5.74, 6) is -0.0668. The second kappa shape index (κ2) is 7.21. The zero-order valence-corrected chi connectivity index (χ0v) is 11.3. The fraction of sp³-hybridized carbons (Fsp3) is 0.571. The summed E-state index contributed by atoms with van der Waals surface area (Å²) in [5.41, 5.74) is 1.05. The van der Waals surface area contributed by atoms with E-state index >= 15 is 0 Å². The predicted octanol–water partition coefficient (Wildman–Crippen LogP) is 1.03. The van der Waals surface area contributed by atoms with Gasteiger partial charge in [0.15, 0.2) is 0 Å². The molecular formula is C14H21N3O2. The maximum atomic E-state index is 11.8. The second-order valence-corrected chi connectivity index (χ2v) is 4.83. The molecule has 5 heteroatoms. The Bertz CT molecular complexity index is 391. The largest absolute Gasteiger partial charge is 0.368 e. The van der Waals surface area contributed by atoms with Crippen LogP contribution in [0.1, 0.15) is 31.4 Å². The number of hydrogen-bond donors (Lipinski definition) is 2. The number of carbonyl (C=O) groups excluding carboxylic acids is 1. The van der Waals surface area contributed by atoms with E-state index in [1.807, 2.05) is 19.1 Å². The molecule has 1 aliphatic rings. The first-order chi connectivity index (χ1) is 9.25. The van der Waals surface area contributed by atoms with E-state index in [4.69, 9.17) is 4.74 Å². The summed E-state index contributed by atoms with van der Waals surface area (Å²) in [7, 11) is 0. The van der Waals surface area contributed by atoms with Crippen LogP contribution in [0, 0.1) is 0 Å². The first-order valence-corrected chi connectivity index (χ1v) is 6.77. The Morgan fingerprint density at radius 1 is 1.47 bits per heavy atom. The molecule has 0 unspecified atom stereocenters. The SMILES string of the molecule is C[C@H](NC(=O)COC1CCNCC1)c1ccncc1. The fourth-order valence-electron chi connectivity index (χ4n) is 2.17. The molecule has 1 atom stereocenters. The predicted molar refractivity (Wildman–Crippen MR) is 72.6 cm³/mol. The third-order valence-corrected chi connectivity index (χ3v) is 3.32. The van der Waals surface area contributed by atoms with Crippen LogP contribution in [-0.2, 0) is 9.53 Å². The van der Waals surface area contributed by atoms with Crippen LogP contribution in [0.3, 0.4) is 0 Å². The molecule has 1 aromatic rings. The van der Waals surface area contributed by atoms with Gasteiger partial charge in [0.05, 0.1) is 12.1 Å². The van der Waals surface area contributed by atoms with Crippen LogP contribution in [0.2, 0.25) is 0 Å². The number of amides is 1. The van der Waals surface area contributed by atoms with Crippen LogP contribution in [0.25, 0.3) is 0 Å². The maximum absolute atomic E-state index is 11.8. The highest BCUT2D eigenvalue weighted by molar-refractivity contribution is 5.77. The van der Waals surface area contributed by atoms with Gasteiger partial charge in [0.25, 0.3) is 0 Å². The smallest absolute Gasteiger partial charge is 0.246 e. The van der Waals surface area contributed by atoms with Gasteiger partial charge in [-0.2, -0.15) is 0 Å². The summed E-state index contributed by atoms with van der Waals surface area (Å²) >= 11 is 0. The van der Waals surface area contributed by atoms with Crippen molar-refractivity contribution in [3.8, 4) is 0 Å². The summed E-state index contributed by atoms with van der Waals surface area (Å²) in [6, 6.07) is 3.78. The number of piperidine rings is 1. The summed E-state index contributed by atoms with van der Waals surface area (Å²) in [6.07, 6.45) is 5.62. The van der Waals surface area contributed by atoms with Gasteiger partial charge in [0.2, 0.25) is 5.91 Å². The topological polar surface area (TPSA) is 63.2 Å². The van der Waals surface area contributed by atoms with Crippen molar-refractivity contribution in [2.75, 3.05) is 19.7 Å². The van der Waals surface area contributed by atoms with E-state index in [0.29, 0.717) is 0 Å². The van der Waals surface area contributed by atoms with Crippen LogP contribution in [-0.4, -0.2) is 36.7 Å². The number of nitrogens with zero attached hydrogens (tertiary/aromatic N) is 1. The van der Waals surface area contributed by atoms with Crippen molar-refractivity contribution in [2.45, 2.75) is 31.9 Å². The molecule has 0 bridgehead atoms.